The van der Waals surface area contributed by atoms with Crippen molar-refractivity contribution in [3.63, 3.8) is 0 Å². The number of amides is 2. The van der Waals surface area contributed by atoms with Gasteiger partial charge in [-0.1, -0.05) is 23.2 Å². The minimum absolute atomic E-state index is 0.0223. The quantitative estimate of drug-likeness (QED) is 0.803. The zero-order valence-corrected chi connectivity index (χ0v) is 14.3. The Morgan fingerprint density at radius 3 is 2.36 bits per heavy atom. The smallest absolute Gasteiger partial charge is 0.246 e. The largest absolute Gasteiger partial charge is 0.345 e. The second-order valence-corrected chi connectivity index (χ2v) is 7.86. The molecule has 122 valence electrons. The van der Waals surface area contributed by atoms with Crippen LogP contribution in [-0.2, 0) is 19.4 Å². The molecule has 0 spiro atoms. The van der Waals surface area contributed by atoms with Crippen molar-refractivity contribution >= 4 is 50.5 Å². The Morgan fingerprint density at radius 2 is 1.86 bits per heavy atom. The molecule has 6 nitrogen and oxygen atoms in total. The van der Waals surface area contributed by atoms with Crippen LogP contribution in [0, 0.1) is 0 Å². The third kappa shape index (κ3) is 6.64. The third-order valence-electron chi connectivity index (χ3n) is 2.66. The van der Waals surface area contributed by atoms with Crippen LogP contribution in [0.15, 0.2) is 18.2 Å². The van der Waals surface area contributed by atoms with Gasteiger partial charge in [0, 0.05) is 18.9 Å². The van der Waals surface area contributed by atoms with Crippen molar-refractivity contribution in [3.05, 3.63) is 28.2 Å². The van der Waals surface area contributed by atoms with Gasteiger partial charge in [-0.05, 0) is 24.6 Å². The number of benzene rings is 1. The van der Waals surface area contributed by atoms with E-state index in [4.69, 9.17) is 23.2 Å². The molecule has 9 heteroatoms. The number of anilines is 1. The minimum atomic E-state index is -3.24. The van der Waals surface area contributed by atoms with Crippen molar-refractivity contribution < 1.29 is 18.0 Å². The van der Waals surface area contributed by atoms with Gasteiger partial charge in [-0.3, -0.25) is 9.59 Å². The Morgan fingerprint density at radius 1 is 1.23 bits per heavy atom. The molecule has 22 heavy (non-hydrogen) atoms. The second kappa shape index (κ2) is 7.80. The van der Waals surface area contributed by atoms with Crippen LogP contribution in [0.25, 0.3) is 0 Å². The summed E-state index contributed by atoms with van der Waals surface area (Å²) in [7, 11) is -3.24. The van der Waals surface area contributed by atoms with E-state index in [1.807, 2.05) is 0 Å². The summed E-state index contributed by atoms with van der Waals surface area (Å²) in [6.45, 7) is 1.25. The predicted octanol–water partition coefficient (Wildman–Crippen LogP) is 1.87. The highest BCUT2D eigenvalue weighted by Crippen LogP contribution is 2.25. The van der Waals surface area contributed by atoms with Gasteiger partial charge >= 0.3 is 0 Å². The van der Waals surface area contributed by atoms with E-state index in [9.17, 15) is 18.0 Å². The van der Waals surface area contributed by atoms with Gasteiger partial charge in [0.25, 0.3) is 0 Å². The molecule has 0 bridgehead atoms. The van der Waals surface area contributed by atoms with Crippen LogP contribution in [0.3, 0.4) is 0 Å². The molecule has 0 heterocycles. The van der Waals surface area contributed by atoms with Crippen molar-refractivity contribution in [3.8, 4) is 0 Å². The molecule has 0 aliphatic carbocycles. The van der Waals surface area contributed by atoms with Crippen molar-refractivity contribution in [1.29, 1.82) is 0 Å². The number of hydrogen-bond donors (Lipinski definition) is 2. The standard InChI is InChI=1S/C13H16Cl2N2O4S/c1-8(18)16-12(5-6-22(2,20)21)13(19)17-9-3-4-10(14)11(15)7-9/h3-4,7,12H,5-6H2,1-2H3,(H,16,18)(H,17,19)/t12-/m0/s1. The molecular formula is C13H16Cl2N2O4S. The molecule has 1 aromatic carbocycles. The molecule has 0 fully saturated rings. The van der Waals surface area contributed by atoms with E-state index >= 15 is 0 Å². The molecule has 0 unspecified atom stereocenters. The van der Waals surface area contributed by atoms with Crippen LogP contribution in [0.5, 0.6) is 0 Å². The van der Waals surface area contributed by atoms with Crippen LogP contribution in [0.4, 0.5) is 5.69 Å². The summed E-state index contributed by atoms with van der Waals surface area (Å²) in [6.07, 6.45) is 1.04. The van der Waals surface area contributed by atoms with E-state index < -0.39 is 27.7 Å². The first-order chi connectivity index (χ1) is 10.1. The maximum Gasteiger partial charge on any atom is 0.246 e. The monoisotopic (exact) mass is 366 g/mol. The minimum Gasteiger partial charge on any atom is -0.345 e. The highest BCUT2D eigenvalue weighted by molar-refractivity contribution is 7.90. The zero-order valence-electron chi connectivity index (χ0n) is 12.0. The number of nitrogens with one attached hydrogen (secondary N) is 2. The Hall–Kier alpha value is -1.31. The lowest BCUT2D eigenvalue weighted by Gasteiger charge is -2.17. The van der Waals surface area contributed by atoms with Gasteiger partial charge in [0.1, 0.15) is 15.9 Å². The van der Waals surface area contributed by atoms with Crippen molar-refractivity contribution in [2.75, 3.05) is 17.3 Å². The second-order valence-electron chi connectivity index (χ2n) is 4.79. The van der Waals surface area contributed by atoms with E-state index in [1.54, 1.807) is 6.07 Å². The molecular weight excluding hydrogens is 351 g/mol. The SMILES string of the molecule is CC(=O)N[C@@H](CCS(C)(=O)=O)C(=O)Nc1ccc(Cl)c(Cl)c1. The molecule has 0 aliphatic heterocycles. The summed E-state index contributed by atoms with van der Waals surface area (Å²) in [5.74, 6) is -1.17. The summed E-state index contributed by atoms with van der Waals surface area (Å²) in [6, 6.07) is 3.57. The van der Waals surface area contributed by atoms with E-state index in [0.29, 0.717) is 10.7 Å². The lowest BCUT2D eigenvalue weighted by atomic mass is 10.2. The molecule has 2 N–H and O–H groups in total. The first-order valence-corrected chi connectivity index (χ1v) is 9.11. The topological polar surface area (TPSA) is 92.3 Å². The number of hydrogen-bond acceptors (Lipinski definition) is 4. The number of halogens is 2. The van der Waals surface area contributed by atoms with Gasteiger partial charge in [0.05, 0.1) is 15.8 Å². The van der Waals surface area contributed by atoms with Crippen LogP contribution in [0.1, 0.15) is 13.3 Å². The zero-order chi connectivity index (χ0) is 16.9. The Kier molecular flexibility index (Phi) is 6.65. The highest BCUT2D eigenvalue weighted by atomic mass is 35.5. The fraction of sp³-hybridized carbons (Fsp3) is 0.385. The van der Waals surface area contributed by atoms with E-state index in [2.05, 4.69) is 10.6 Å². The van der Waals surface area contributed by atoms with E-state index in [-0.39, 0.29) is 17.2 Å². The van der Waals surface area contributed by atoms with Gasteiger partial charge in [0.15, 0.2) is 0 Å². The number of carbonyl (C=O) groups is 2. The van der Waals surface area contributed by atoms with Crippen LogP contribution >= 0.6 is 23.2 Å². The first kappa shape index (κ1) is 18.7. The third-order valence-corrected chi connectivity index (χ3v) is 4.37. The molecule has 0 aromatic heterocycles. The molecule has 1 aromatic rings. The number of carbonyl (C=O) groups excluding carboxylic acids is 2. The Balaban J connectivity index is 2.81. The lowest BCUT2D eigenvalue weighted by Crippen LogP contribution is -2.43. The normalized spacial score (nSPS) is 12.5. The maximum atomic E-state index is 12.2. The average molecular weight is 367 g/mol. The maximum absolute atomic E-state index is 12.2. The Bertz CT molecular complexity index is 677. The lowest BCUT2D eigenvalue weighted by molar-refractivity contribution is -0.125. The predicted molar refractivity (Wildman–Crippen MR) is 87.0 cm³/mol. The van der Waals surface area contributed by atoms with E-state index in [0.717, 1.165) is 6.26 Å². The fourth-order valence-electron chi connectivity index (χ4n) is 1.65. The van der Waals surface area contributed by atoms with Gasteiger partial charge < -0.3 is 10.6 Å². The summed E-state index contributed by atoms with van der Waals surface area (Å²) in [4.78, 5) is 23.3. The van der Waals surface area contributed by atoms with Crippen LogP contribution in [0.2, 0.25) is 10.0 Å². The average Bonchev–Trinajstić information content (AvgIpc) is 2.37. The molecule has 1 atom stereocenters. The summed E-state index contributed by atoms with van der Waals surface area (Å²) < 4.78 is 22.4. The summed E-state index contributed by atoms with van der Waals surface area (Å²) >= 11 is 11.6. The van der Waals surface area contributed by atoms with Gasteiger partial charge in [0.2, 0.25) is 11.8 Å². The van der Waals surface area contributed by atoms with Gasteiger partial charge in [-0.2, -0.15) is 0 Å². The molecule has 0 aliphatic rings. The molecule has 0 saturated heterocycles. The molecule has 0 saturated carbocycles. The summed E-state index contributed by atoms with van der Waals surface area (Å²) in [5.41, 5.74) is 0.397. The van der Waals surface area contributed by atoms with Crippen molar-refractivity contribution in [2.45, 2.75) is 19.4 Å². The number of rotatable bonds is 6. The number of sulfone groups is 1. The highest BCUT2D eigenvalue weighted by Gasteiger charge is 2.21. The molecule has 2 amide bonds. The fourth-order valence-corrected chi connectivity index (χ4v) is 2.61. The van der Waals surface area contributed by atoms with Gasteiger partial charge in [-0.15, -0.1) is 0 Å². The van der Waals surface area contributed by atoms with Crippen LogP contribution < -0.4 is 10.6 Å². The van der Waals surface area contributed by atoms with Crippen molar-refractivity contribution in [1.82, 2.24) is 5.32 Å². The van der Waals surface area contributed by atoms with Gasteiger partial charge in [-0.25, -0.2) is 8.42 Å². The molecule has 1 rings (SSSR count). The Labute approximate surface area is 139 Å². The van der Waals surface area contributed by atoms with E-state index in [1.165, 1.54) is 19.1 Å². The van der Waals surface area contributed by atoms with Crippen molar-refractivity contribution in [2.24, 2.45) is 0 Å². The summed E-state index contributed by atoms with van der Waals surface area (Å²) in [5, 5.41) is 5.60. The molecule has 0 radical (unpaired) electrons. The first-order valence-electron chi connectivity index (χ1n) is 6.29. The van der Waals surface area contributed by atoms with Crippen LogP contribution in [-0.4, -0.2) is 38.3 Å².